The van der Waals surface area contributed by atoms with Crippen LogP contribution in [-0.2, 0) is 5.75 Å². The van der Waals surface area contributed by atoms with Crippen LogP contribution in [0.4, 0.5) is 5.69 Å². The average molecular weight is 450 g/mol. The molecule has 0 radical (unpaired) electrons. The number of benzene rings is 2. The number of nitrogens with zero attached hydrogens (tertiary/aromatic N) is 2. The molecule has 4 rings (SSSR count). The van der Waals surface area contributed by atoms with Crippen molar-refractivity contribution in [1.82, 2.24) is 9.97 Å². The molecule has 2 heterocycles. The minimum Gasteiger partial charge on any atom is -0.494 e. The van der Waals surface area contributed by atoms with Crippen molar-refractivity contribution in [1.29, 1.82) is 0 Å². The van der Waals surface area contributed by atoms with E-state index in [4.69, 9.17) is 4.74 Å². The molecule has 31 heavy (non-hydrogen) atoms. The van der Waals surface area contributed by atoms with Gasteiger partial charge in [-0.25, -0.2) is 4.98 Å². The molecule has 0 aliphatic heterocycles. The number of aromatic nitrogens is 2. The highest BCUT2D eigenvalue weighted by molar-refractivity contribution is 8.00. The van der Waals surface area contributed by atoms with Gasteiger partial charge in [0, 0.05) is 23.2 Å². The van der Waals surface area contributed by atoms with Gasteiger partial charge in [0.25, 0.3) is 5.91 Å². The van der Waals surface area contributed by atoms with Crippen molar-refractivity contribution in [2.24, 2.45) is 0 Å². The third-order valence-corrected chi connectivity index (χ3v) is 6.77. The van der Waals surface area contributed by atoms with Crippen molar-refractivity contribution >= 4 is 44.9 Å². The quantitative estimate of drug-likeness (QED) is 0.236. The highest BCUT2D eigenvalue weighted by Crippen LogP contribution is 2.32. The Morgan fingerprint density at radius 2 is 2.00 bits per heavy atom. The van der Waals surface area contributed by atoms with E-state index in [1.807, 2.05) is 48.5 Å². The molecule has 0 aliphatic carbocycles. The van der Waals surface area contributed by atoms with Crippen molar-refractivity contribution in [3.8, 4) is 5.75 Å². The van der Waals surface area contributed by atoms with Crippen LogP contribution in [0.5, 0.6) is 5.75 Å². The number of fused-ring (bicyclic) bond motifs is 1. The van der Waals surface area contributed by atoms with Gasteiger partial charge < -0.3 is 10.1 Å². The molecular weight excluding hydrogens is 426 g/mol. The molecule has 158 valence electrons. The first-order valence-corrected chi connectivity index (χ1v) is 12.0. The normalized spacial score (nSPS) is 10.9. The van der Waals surface area contributed by atoms with Gasteiger partial charge in [0.15, 0.2) is 4.34 Å². The predicted molar refractivity (Wildman–Crippen MR) is 128 cm³/mol. The number of nitrogens with one attached hydrogen (secondary N) is 1. The zero-order valence-corrected chi connectivity index (χ0v) is 18.8. The van der Waals surface area contributed by atoms with E-state index < -0.39 is 0 Å². The number of pyridine rings is 1. The maximum Gasteiger partial charge on any atom is 0.255 e. The maximum atomic E-state index is 12.6. The zero-order chi connectivity index (χ0) is 21.5. The summed E-state index contributed by atoms with van der Waals surface area (Å²) in [7, 11) is 0. The van der Waals surface area contributed by atoms with Gasteiger partial charge in [0.2, 0.25) is 0 Å². The molecule has 0 atom stereocenters. The summed E-state index contributed by atoms with van der Waals surface area (Å²) in [6.45, 7) is 2.82. The fraction of sp³-hybridized carbons (Fsp3) is 0.208. The van der Waals surface area contributed by atoms with Gasteiger partial charge in [-0.3, -0.25) is 9.78 Å². The molecule has 0 unspecified atom stereocenters. The number of thioether (sulfide) groups is 1. The molecule has 0 saturated heterocycles. The Kier molecular flexibility index (Phi) is 7.17. The summed E-state index contributed by atoms with van der Waals surface area (Å²) < 4.78 is 7.69. The number of carbonyl (C=O) groups is 1. The second kappa shape index (κ2) is 10.4. The summed E-state index contributed by atoms with van der Waals surface area (Å²) in [6, 6.07) is 19.0. The summed E-state index contributed by atoms with van der Waals surface area (Å²) in [5.74, 6) is 1.42. The number of amides is 1. The van der Waals surface area contributed by atoms with Crippen molar-refractivity contribution in [2.45, 2.75) is 29.9 Å². The monoisotopic (exact) mass is 449 g/mol. The third kappa shape index (κ3) is 5.83. The largest absolute Gasteiger partial charge is 0.494 e. The van der Waals surface area contributed by atoms with Crippen molar-refractivity contribution in [2.75, 3.05) is 11.9 Å². The van der Waals surface area contributed by atoms with Gasteiger partial charge >= 0.3 is 0 Å². The first kappa shape index (κ1) is 21.3. The zero-order valence-electron chi connectivity index (χ0n) is 17.2. The van der Waals surface area contributed by atoms with Crippen LogP contribution in [0.25, 0.3) is 10.2 Å². The molecule has 4 aromatic rings. The second-order valence-corrected chi connectivity index (χ2v) is 9.21. The Balaban J connectivity index is 1.38. The van der Waals surface area contributed by atoms with E-state index in [-0.39, 0.29) is 5.91 Å². The van der Waals surface area contributed by atoms with Crippen LogP contribution in [0.15, 0.2) is 71.2 Å². The number of rotatable bonds is 9. The Hall–Kier alpha value is -2.90. The van der Waals surface area contributed by atoms with Crippen LogP contribution in [0.2, 0.25) is 0 Å². The van der Waals surface area contributed by atoms with E-state index in [1.165, 1.54) is 0 Å². The van der Waals surface area contributed by atoms with Crippen LogP contribution < -0.4 is 10.1 Å². The number of carbonyl (C=O) groups excluding carboxylic acids is 1. The van der Waals surface area contributed by atoms with E-state index in [0.717, 1.165) is 50.3 Å². The lowest BCUT2D eigenvalue weighted by molar-refractivity contribution is 0.102. The summed E-state index contributed by atoms with van der Waals surface area (Å²) in [6.07, 6.45) is 3.91. The van der Waals surface area contributed by atoms with E-state index in [2.05, 4.69) is 22.2 Å². The van der Waals surface area contributed by atoms with Crippen LogP contribution in [-0.4, -0.2) is 22.5 Å². The summed E-state index contributed by atoms with van der Waals surface area (Å²) in [4.78, 5) is 21.6. The molecule has 5 nitrogen and oxygen atoms in total. The van der Waals surface area contributed by atoms with Gasteiger partial charge in [0.05, 0.1) is 22.5 Å². The number of hydrogen-bond donors (Lipinski definition) is 1. The SMILES string of the molecule is CCCCOc1ccc(C(=O)Nc2ccc3nc(SCc4ccccn4)sc3c2)cc1. The van der Waals surface area contributed by atoms with Crippen LogP contribution >= 0.6 is 23.1 Å². The molecule has 1 N–H and O–H groups in total. The molecule has 2 aromatic heterocycles. The van der Waals surface area contributed by atoms with Crippen LogP contribution in [0.1, 0.15) is 35.8 Å². The molecule has 0 saturated carbocycles. The number of unbranched alkanes of at least 4 members (excludes halogenated alkanes) is 1. The van der Waals surface area contributed by atoms with Crippen LogP contribution in [0, 0.1) is 0 Å². The average Bonchev–Trinajstić information content (AvgIpc) is 3.21. The summed E-state index contributed by atoms with van der Waals surface area (Å²) in [5, 5.41) is 2.97. The lowest BCUT2D eigenvalue weighted by Gasteiger charge is -2.07. The molecular formula is C24H23N3O2S2. The van der Waals surface area contributed by atoms with E-state index in [1.54, 1.807) is 41.4 Å². The minimum atomic E-state index is -0.145. The van der Waals surface area contributed by atoms with Crippen molar-refractivity contribution < 1.29 is 9.53 Å². The van der Waals surface area contributed by atoms with Gasteiger partial charge in [-0.1, -0.05) is 31.2 Å². The van der Waals surface area contributed by atoms with Gasteiger partial charge in [0.1, 0.15) is 5.75 Å². The fourth-order valence-electron chi connectivity index (χ4n) is 2.90. The lowest BCUT2D eigenvalue weighted by atomic mass is 10.2. The molecule has 0 bridgehead atoms. The first-order valence-electron chi connectivity index (χ1n) is 10.2. The fourth-order valence-corrected chi connectivity index (χ4v) is 4.93. The van der Waals surface area contributed by atoms with Gasteiger partial charge in [-0.15, -0.1) is 11.3 Å². The van der Waals surface area contributed by atoms with E-state index >= 15 is 0 Å². The molecule has 1 amide bonds. The van der Waals surface area contributed by atoms with Crippen molar-refractivity contribution in [3.63, 3.8) is 0 Å². The smallest absolute Gasteiger partial charge is 0.255 e. The lowest BCUT2D eigenvalue weighted by Crippen LogP contribution is -2.11. The standard InChI is InChI=1S/C24H23N3O2S2/c1-2-3-14-29-20-10-7-17(8-11-20)23(28)26-18-9-12-21-22(15-18)31-24(27-21)30-16-19-6-4-5-13-25-19/h4-13,15H,2-3,14,16H2,1H3,(H,26,28). The minimum absolute atomic E-state index is 0.145. The Morgan fingerprint density at radius 3 is 2.77 bits per heavy atom. The Bertz CT molecular complexity index is 1140. The predicted octanol–water partition coefficient (Wildman–Crippen LogP) is 6.41. The third-order valence-electron chi connectivity index (χ3n) is 4.58. The number of anilines is 1. The van der Waals surface area contributed by atoms with Gasteiger partial charge in [-0.05, 0) is 61.0 Å². The highest BCUT2D eigenvalue weighted by atomic mass is 32.2. The molecule has 0 aliphatic rings. The molecule has 2 aromatic carbocycles. The summed E-state index contributed by atoms with van der Waals surface area (Å²) >= 11 is 3.29. The van der Waals surface area contributed by atoms with Crippen molar-refractivity contribution in [3.05, 3.63) is 78.1 Å². The second-order valence-electron chi connectivity index (χ2n) is 6.95. The maximum absolute atomic E-state index is 12.6. The Morgan fingerprint density at radius 1 is 1.13 bits per heavy atom. The van der Waals surface area contributed by atoms with Crippen LogP contribution in [0.3, 0.4) is 0 Å². The number of thiazole rings is 1. The highest BCUT2D eigenvalue weighted by Gasteiger charge is 2.10. The Labute approximate surface area is 189 Å². The van der Waals surface area contributed by atoms with Gasteiger partial charge in [-0.2, -0.15) is 0 Å². The molecule has 0 fully saturated rings. The topological polar surface area (TPSA) is 64.1 Å². The molecule has 0 spiro atoms. The van der Waals surface area contributed by atoms with E-state index in [0.29, 0.717) is 12.2 Å². The summed E-state index contributed by atoms with van der Waals surface area (Å²) in [5.41, 5.74) is 3.31. The number of ether oxygens (including phenoxy) is 1. The first-order chi connectivity index (χ1) is 15.2. The number of hydrogen-bond acceptors (Lipinski definition) is 6. The van der Waals surface area contributed by atoms with E-state index in [9.17, 15) is 4.79 Å². The molecule has 7 heteroatoms.